The Bertz CT molecular complexity index is 583. The molecule has 0 atom stereocenters. The highest BCUT2D eigenvalue weighted by atomic mass is 19.1. The Hall–Kier alpha value is -1.53. The molecule has 0 aromatic heterocycles. The van der Waals surface area contributed by atoms with E-state index in [1.54, 1.807) is 0 Å². The Morgan fingerprint density at radius 2 is 1.88 bits per heavy atom. The quantitative estimate of drug-likeness (QED) is 0.886. The van der Waals surface area contributed by atoms with Crippen molar-refractivity contribution in [2.24, 2.45) is 5.92 Å². The van der Waals surface area contributed by atoms with Crippen LogP contribution in [-0.4, -0.2) is 43.2 Å². The van der Waals surface area contributed by atoms with Gasteiger partial charge in [-0.25, -0.2) is 8.78 Å². The van der Waals surface area contributed by atoms with Gasteiger partial charge in [-0.2, -0.15) is 0 Å². The molecule has 1 aromatic carbocycles. The summed E-state index contributed by atoms with van der Waals surface area (Å²) in [5.41, 5.74) is 0.399. The normalized spacial score (nSPS) is 20.6. The molecule has 0 spiro atoms. The second kappa shape index (κ2) is 8.72. The predicted octanol–water partition coefficient (Wildman–Crippen LogP) is 2.86. The highest BCUT2D eigenvalue weighted by Gasteiger charge is 2.24. The topological polar surface area (TPSA) is 41.6 Å². The van der Waals surface area contributed by atoms with Gasteiger partial charge >= 0.3 is 0 Å². The fourth-order valence-corrected chi connectivity index (χ4v) is 3.64. The van der Waals surface area contributed by atoms with Crippen LogP contribution in [0.15, 0.2) is 18.2 Å². The van der Waals surface area contributed by atoms with Gasteiger partial charge in [0.25, 0.3) is 0 Å². The molecule has 1 amide bonds. The van der Waals surface area contributed by atoms with Crippen molar-refractivity contribution in [1.29, 1.82) is 0 Å². The number of benzene rings is 1. The van der Waals surface area contributed by atoms with Crippen molar-refractivity contribution in [3.8, 4) is 0 Å². The summed E-state index contributed by atoms with van der Waals surface area (Å²) in [6.45, 7) is 3.49. The molecule has 138 valence electrons. The number of rotatable bonds is 5. The fourth-order valence-electron chi connectivity index (χ4n) is 3.64. The standard InChI is InChI=1S/C19H26F2N2O2/c20-16-1-2-18(21)15(12-16)13-23-7-3-14(4-8-23)11-19(24)22-17-5-9-25-10-6-17/h1-2,12,14,17H,3-11,13H2,(H,22,24). The first kappa shape index (κ1) is 18.3. The van der Waals surface area contributed by atoms with E-state index in [2.05, 4.69) is 10.2 Å². The average Bonchev–Trinajstić information content (AvgIpc) is 2.61. The number of hydrogen-bond acceptors (Lipinski definition) is 3. The number of carbonyl (C=O) groups is 1. The zero-order chi connectivity index (χ0) is 17.6. The molecule has 2 fully saturated rings. The zero-order valence-electron chi connectivity index (χ0n) is 14.5. The molecule has 0 aliphatic carbocycles. The van der Waals surface area contributed by atoms with E-state index in [1.165, 1.54) is 12.1 Å². The molecule has 1 N–H and O–H groups in total. The average molecular weight is 352 g/mol. The molecule has 3 rings (SSSR count). The molecule has 2 saturated heterocycles. The Labute approximate surface area is 147 Å². The van der Waals surface area contributed by atoms with Crippen LogP contribution in [0.4, 0.5) is 8.78 Å². The lowest BCUT2D eigenvalue weighted by Crippen LogP contribution is -2.41. The minimum atomic E-state index is -0.406. The van der Waals surface area contributed by atoms with Crippen LogP contribution in [-0.2, 0) is 16.1 Å². The molecular weight excluding hydrogens is 326 g/mol. The molecule has 0 radical (unpaired) electrons. The van der Waals surface area contributed by atoms with E-state index in [1.807, 2.05) is 0 Å². The number of amides is 1. The number of halogens is 2. The molecule has 0 saturated carbocycles. The maximum atomic E-state index is 13.7. The molecule has 1 aromatic rings. The van der Waals surface area contributed by atoms with Crippen LogP contribution in [0.1, 0.15) is 37.7 Å². The van der Waals surface area contributed by atoms with Gasteiger partial charge in [-0.1, -0.05) is 0 Å². The molecule has 6 heteroatoms. The summed E-state index contributed by atoms with van der Waals surface area (Å²) >= 11 is 0. The number of nitrogens with one attached hydrogen (secondary N) is 1. The van der Waals surface area contributed by atoms with Crippen molar-refractivity contribution < 1.29 is 18.3 Å². The van der Waals surface area contributed by atoms with E-state index < -0.39 is 5.82 Å². The number of nitrogens with zero attached hydrogens (tertiary/aromatic N) is 1. The number of hydrogen-bond donors (Lipinski definition) is 1. The third-order valence-electron chi connectivity index (χ3n) is 5.17. The Kier molecular flexibility index (Phi) is 6.37. The lowest BCUT2D eigenvalue weighted by Gasteiger charge is -2.32. The van der Waals surface area contributed by atoms with Crippen molar-refractivity contribution in [1.82, 2.24) is 10.2 Å². The monoisotopic (exact) mass is 352 g/mol. The first-order chi connectivity index (χ1) is 12.1. The summed E-state index contributed by atoms with van der Waals surface area (Å²) in [6, 6.07) is 3.83. The summed E-state index contributed by atoms with van der Waals surface area (Å²) in [5, 5.41) is 3.11. The highest BCUT2D eigenvalue weighted by Crippen LogP contribution is 2.23. The number of ether oxygens (including phenoxy) is 1. The van der Waals surface area contributed by atoms with Gasteiger partial charge in [-0.15, -0.1) is 0 Å². The third kappa shape index (κ3) is 5.47. The van der Waals surface area contributed by atoms with E-state index in [9.17, 15) is 13.6 Å². The molecule has 25 heavy (non-hydrogen) atoms. The number of piperidine rings is 1. The van der Waals surface area contributed by atoms with E-state index in [0.29, 0.717) is 24.4 Å². The summed E-state index contributed by atoms with van der Waals surface area (Å²) in [7, 11) is 0. The van der Waals surface area contributed by atoms with Crippen LogP contribution in [0.3, 0.4) is 0 Å². The number of likely N-dealkylation sites (tertiary alicyclic amines) is 1. The maximum Gasteiger partial charge on any atom is 0.220 e. The fraction of sp³-hybridized carbons (Fsp3) is 0.632. The van der Waals surface area contributed by atoms with Gasteiger partial charge in [-0.3, -0.25) is 9.69 Å². The van der Waals surface area contributed by atoms with Crippen LogP contribution in [0, 0.1) is 17.6 Å². The second-order valence-corrected chi connectivity index (χ2v) is 7.11. The molecule has 2 heterocycles. The van der Waals surface area contributed by atoms with Gasteiger partial charge in [0.1, 0.15) is 11.6 Å². The molecule has 0 bridgehead atoms. The van der Waals surface area contributed by atoms with Crippen LogP contribution in [0.25, 0.3) is 0 Å². The molecule has 2 aliphatic heterocycles. The van der Waals surface area contributed by atoms with E-state index in [-0.39, 0.29) is 17.8 Å². The van der Waals surface area contributed by atoms with E-state index >= 15 is 0 Å². The SMILES string of the molecule is O=C(CC1CCN(Cc2cc(F)ccc2F)CC1)NC1CCOCC1. The van der Waals surface area contributed by atoms with Gasteiger partial charge in [0.2, 0.25) is 5.91 Å². The predicted molar refractivity (Wildman–Crippen MR) is 91.0 cm³/mol. The van der Waals surface area contributed by atoms with Crippen molar-refractivity contribution in [3.05, 3.63) is 35.4 Å². The molecule has 2 aliphatic rings. The Morgan fingerprint density at radius 1 is 1.16 bits per heavy atom. The van der Waals surface area contributed by atoms with Crippen molar-refractivity contribution in [3.63, 3.8) is 0 Å². The lowest BCUT2D eigenvalue weighted by atomic mass is 9.92. The Morgan fingerprint density at radius 3 is 2.60 bits per heavy atom. The van der Waals surface area contributed by atoms with Crippen LogP contribution >= 0.6 is 0 Å². The summed E-state index contributed by atoms with van der Waals surface area (Å²) < 4.78 is 32.3. The van der Waals surface area contributed by atoms with E-state index in [0.717, 1.165) is 58.1 Å². The first-order valence-corrected chi connectivity index (χ1v) is 9.13. The summed E-state index contributed by atoms with van der Waals surface area (Å²) in [6.07, 6.45) is 4.17. The minimum Gasteiger partial charge on any atom is -0.381 e. The van der Waals surface area contributed by atoms with Gasteiger partial charge < -0.3 is 10.1 Å². The largest absolute Gasteiger partial charge is 0.381 e. The smallest absolute Gasteiger partial charge is 0.220 e. The van der Waals surface area contributed by atoms with Crippen molar-refractivity contribution in [2.45, 2.75) is 44.7 Å². The summed E-state index contributed by atoms with van der Waals surface area (Å²) in [5.74, 6) is -0.273. The van der Waals surface area contributed by atoms with Crippen molar-refractivity contribution in [2.75, 3.05) is 26.3 Å². The van der Waals surface area contributed by atoms with Gasteiger partial charge in [0.05, 0.1) is 0 Å². The van der Waals surface area contributed by atoms with Gasteiger partial charge in [0, 0.05) is 37.8 Å². The first-order valence-electron chi connectivity index (χ1n) is 9.13. The zero-order valence-corrected chi connectivity index (χ0v) is 14.5. The summed E-state index contributed by atoms with van der Waals surface area (Å²) in [4.78, 5) is 14.3. The molecular formula is C19H26F2N2O2. The lowest BCUT2D eigenvalue weighted by molar-refractivity contribution is -0.123. The Balaban J connectivity index is 1.40. The second-order valence-electron chi connectivity index (χ2n) is 7.11. The highest BCUT2D eigenvalue weighted by molar-refractivity contribution is 5.76. The number of carbonyl (C=O) groups excluding carboxylic acids is 1. The van der Waals surface area contributed by atoms with Gasteiger partial charge in [0.15, 0.2) is 0 Å². The molecule has 4 nitrogen and oxygen atoms in total. The minimum absolute atomic E-state index is 0.126. The molecule has 0 unspecified atom stereocenters. The van der Waals surface area contributed by atoms with Crippen molar-refractivity contribution >= 4 is 5.91 Å². The third-order valence-corrected chi connectivity index (χ3v) is 5.17. The van der Waals surface area contributed by atoms with Gasteiger partial charge in [-0.05, 0) is 62.9 Å². The van der Waals surface area contributed by atoms with Crippen LogP contribution in [0.2, 0.25) is 0 Å². The maximum absolute atomic E-state index is 13.7. The van der Waals surface area contributed by atoms with Crippen LogP contribution in [0.5, 0.6) is 0 Å². The van der Waals surface area contributed by atoms with E-state index in [4.69, 9.17) is 4.74 Å². The van der Waals surface area contributed by atoms with Crippen LogP contribution < -0.4 is 5.32 Å².